The molecule has 2 rings (SSSR count). The van der Waals surface area contributed by atoms with Gasteiger partial charge in [0.05, 0.1) is 0 Å². The highest BCUT2D eigenvalue weighted by atomic mass is 32.1. The zero-order chi connectivity index (χ0) is 12.4. The Kier molecular flexibility index (Phi) is 3.23. The number of rotatable bonds is 4. The summed E-state index contributed by atoms with van der Waals surface area (Å²) < 4.78 is 1.69. The van der Waals surface area contributed by atoms with Gasteiger partial charge in [0.25, 0.3) is 0 Å². The Morgan fingerprint density at radius 2 is 2.41 bits per heavy atom. The van der Waals surface area contributed by atoms with Crippen LogP contribution in [-0.4, -0.2) is 25.8 Å². The molecule has 1 atom stereocenters. The van der Waals surface area contributed by atoms with Crippen LogP contribution in [0.1, 0.15) is 36.7 Å². The molecule has 90 valence electrons. The first-order valence-electron chi connectivity index (χ1n) is 5.35. The number of hydrogen-bond donors (Lipinski definition) is 1. The first-order valence-corrected chi connectivity index (χ1v) is 6.23. The van der Waals surface area contributed by atoms with E-state index in [0.717, 1.165) is 6.42 Å². The zero-order valence-electron chi connectivity index (χ0n) is 9.62. The van der Waals surface area contributed by atoms with Gasteiger partial charge < -0.3 is 5.11 Å². The SMILES string of the molecule is CCC(C)n1cc(C(=O)O)c(-c2nccs2)n1. The largest absolute Gasteiger partial charge is 0.478 e. The molecule has 2 aromatic rings. The van der Waals surface area contributed by atoms with Gasteiger partial charge in [0.1, 0.15) is 16.3 Å². The second-order valence-corrected chi connectivity index (χ2v) is 4.67. The minimum Gasteiger partial charge on any atom is -0.478 e. The Morgan fingerprint density at radius 1 is 1.65 bits per heavy atom. The number of carboxylic acid groups (broad SMARTS) is 1. The third-order valence-electron chi connectivity index (χ3n) is 2.64. The van der Waals surface area contributed by atoms with Crippen molar-refractivity contribution in [2.24, 2.45) is 0 Å². The van der Waals surface area contributed by atoms with E-state index in [1.165, 1.54) is 11.3 Å². The maximum Gasteiger partial charge on any atom is 0.339 e. The Balaban J connectivity index is 2.50. The molecule has 0 aliphatic heterocycles. The molecule has 0 fully saturated rings. The molecule has 0 amide bonds. The van der Waals surface area contributed by atoms with Crippen LogP contribution in [0.4, 0.5) is 0 Å². The van der Waals surface area contributed by atoms with Gasteiger partial charge in [-0.1, -0.05) is 6.92 Å². The van der Waals surface area contributed by atoms with Crippen LogP contribution < -0.4 is 0 Å². The molecule has 0 bridgehead atoms. The molecule has 0 aromatic carbocycles. The summed E-state index contributed by atoms with van der Waals surface area (Å²) in [4.78, 5) is 15.3. The number of hydrogen-bond acceptors (Lipinski definition) is 4. The number of aromatic nitrogens is 3. The van der Waals surface area contributed by atoms with E-state index in [9.17, 15) is 4.79 Å². The van der Waals surface area contributed by atoms with Gasteiger partial charge in [-0.2, -0.15) is 5.10 Å². The lowest BCUT2D eigenvalue weighted by Crippen LogP contribution is -2.04. The third-order valence-corrected chi connectivity index (χ3v) is 3.42. The predicted molar refractivity (Wildman–Crippen MR) is 65.3 cm³/mol. The quantitative estimate of drug-likeness (QED) is 0.907. The molecule has 0 aliphatic rings. The fourth-order valence-corrected chi connectivity index (χ4v) is 2.09. The number of carboxylic acids is 1. The molecular formula is C11H13N3O2S. The number of aromatic carboxylic acids is 1. The number of carbonyl (C=O) groups is 1. The van der Waals surface area contributed by atoms with Crippen molar-refractivity contribution in [1.29, 1.82) is 0 Å². The van der Waals surface area contributed by atoms with Gasteiger partial charge in [0.15, 0.2) is 0 Å². The summed E-state index contributed by atoms with van der Waals surface area (Å²) in [5, 5.41) is 15.9. The molecule has 1 N–H and O–H groups in total. The Hall–Kier alpha value is -1.69. The Bertz CT molecular complexity index is 519. The molecule has 0 spiro atoms. The fraction of sp³-hybridized carbons (Fsp3) is 0.364. The van der Waals surface area contributed by atoms with E-state index in [2.05, 4.69) is 10.1 Å². The maximum absolute atomic E-state index is 11.2. The van der Waals surface area contributed by atoms with Crippen molar-refractivity contribution < 1.29 is 9.90 Å². The second kappa shape index (κ2) is 4.67. The molecule has 1 unspecified atom stereocenters. The summed E-state index contributed by atoms with van der Waals surface area (Å²) in [5.41, 5.74) is 0.660. The van der Waals surface area contributed by atoms with Gasteiger partial charge in [-0.3, -0.25) is 4.68 Å². The lowest BCUT2D eigenvalue weighted by atomic mass is 10.2. The van der Waals surface area contributed by atoms with E-state index in [1.54, 1.807) is 17.1 Å². The van der Waals surface area contributed by atoms with Gasteiger partial charge >= 0.3 is 5.97 Å². The van der Waals surface area contributed by atoms with Gasteiger partial charge in [-0.15, -0.1) is 11.3 Å². The maximum atomic E-state index is 11.2. The predicted octanol–water partition coefficient (Wildman–Crippen LogP) is 2.68. The zero-order valence-corrected chi connectivity index (χ0v) is 10.4. The van der Waals surface area contributed by atoms with Crippen molar-refractivity contribution in [3.05, 3.63) is 23.3 Å². The van der Waals surface area contributed by atoms with E-state index in [-0.39, 0.29) is 11.6 Å². The highest BCUT2D eigenvalue weighted by Crippen LogP contribution is 2.25. The molecular weight excluding hydrogens is 238 g/mol. The summed E-state index contributed by atoms with van der Waals surface area (Å²) >= 11 is 1.39. The fourth-order valence-electron chi connectivity index (χ4n) is 1.46. The molecule has 5 nitrogen and oxygen atoms in total. The van der Waals surface area contributed by atoms with Crippen LogP contribution in [-0.2, 0) is 0 Å². The number of thiazole rings is 1. The molecule has 0 radical (unpaired) electrons. The summed E-state index contributed by atoms with van der Waals surface area (Å²) in [6.45, 7) is 4.04. The molecule has 2 aromatic heterocycles. The minimum absolute atomic E-state index is 0.182. The van der Waals surface area contributed by atoms with E-state index in [0.29, 0.717) is 10.7 Å². The average molecular weight is 251 g/mol. The lowest BCUT2D eigenvalue weighted by Gasteiger charge is -2.07. The van der Waals surface area contributed by atoms with Crippen LogP contribution in [0.3, 0.4) is 0 Å². The normalized spacial score (nSPS) is 12.6. The van der Waals surface area contributed by atoms with Crippen LogP contribution in [0.2, 0.25) is 0 Å². The van der Waals surface area contributed by atoms with Gasteiger partial charge in [0.2, 0.25) is 0 Å². The average Bonchev–Trinajstić information content (AvgIpc) is 2.95. The summed E-state index contributed by atoms with van der Waals surface area (Å²) in [7, 11) is 0. The molecule has 2 heterocycles. The van der Waals surface area contributed by atoms with Crippen LogP contribution in [0.5, 0.6) is 0 Å². The first-order chi connectivity index (χ1) is 8.13. The van der Waals surface area contributed by atoms with Crippen molar-refractivity contribution in [3.63, 3.8) is 0 Å². The molecule has 0 saturated carbocycles. The van der Waals surface area contributed by atoms with Crippen molar-refractivity contribution in [2.45, 2.75) is 26.3 Å². The lowest BCUT2D eigenvalue weighted by molar-refractivity contribution is 0.0697. The van der Waals surface area contributed by atoms with Crippen molar-refractivity contribution in [1.82, 2.24) is 14.8 Å². The van der Waals surface area contributed by atoms with Gasteiger partial charge in [0, 0.05) is 23.8 Å². The van der Waals surface area contributed by atoms with Gasteiger partial charge in [-0.25, -0.2) is 9.78 Å². The summed E-state index contributed by atoms with van der Waals surface area (Å²) in [6, 6.07) is 0.182. The number of nitrogens with zero attached hydrogens (tertiary/aromatic N) is 3. The van der Waals surface area contributed by atoms with Crippen molar-refractivity contribution >= 4 is 17.3 Å². The van der Waals surface area contributed by atoms with Crippen LogP contribution >= 0.6 is 11.3 Å². The smallest absolute Gasteiger partial charge is 0.339 e. The highest BCUT2D eigenvalue weighted by molar-refractivity contribution is 7.13. The summed E-state index contributed by atoms with van der Waals surface area (Å²) in [5.74, 6) is -0.968. The first kappa shape index (κ1) is 11.8. The van der Waals surface area contributed by atoms with E-state index < -0.39 is 5.97 Å². The Labute approximate surface area is 103 Å². The summed E-state index contributed by atoms with van der Waals surface area (Å²) in [6.07, 6.45) is 4.12. The third kappa shape index (κ3) is 2.21. The topological polar surface area (TPSA) is 68.0 Å². The Morgan fingerprint density at radius 3 is 2.94 bits per heavy atom. The van der Waals surface area contributed by atoms with Crippen molar-refractivity contribution in [2.75, 3.05) is 0 Å². The van der Waals surface area contributed by atoms with Crippen LogP contribution in [0, 0.1) is 0 Å². The van der Waals surface area contributed by atoms with Crippen LogP contribution in [0.25, 0.3) is 10.7 Å². The van der Waals surface area contributed by atoms with Crippen molar-refractivity contribution in [3.8, 4) is 10.7 Å². The van der Waals surface area contributed by atoms with E-state index in [4.69, 9.17) is 5.11 Å². The second-order valence-electron chi connectivity index (χ2n) is 3.77. The highest BCUT2D eigenvalue weighted by Gasteiger charge is 2.20. The molecule has 6 heteroatoms. The van der Waals surface area contributed by atoms with E-state index >= 15 is 0 Å². The van der Waals surface area contributed by atoms with E-state index in [1.807, 2.05) is 19.2 Å². The molecule has 17 heavy (non-hydrogen) atoms. The van der Waals surface area contributed by atoms with Gasteiger partial charge in [-0.05, 0) is 13.3 Å². The molecule has 0 saturated heterocycles. The van der Waals surface area contributed by atoms with Crippen LogP contribution in [0.15, 0.2) is 17.8 Å². The monoisotopic (exact) mass is 251 g/mol. The minimum atomic E-state index is -0.968. The standard InChI is InChI=1S/C11H13N3O2S/c1-3-7(2)14-6-8(11(15)16)9(13-14)10-12-4-5-17-10/h4-7H,3H2,1-2H3,(H,15,16). The molecule has 0 aliphatic carbocycles.